The van der Waals surface area contributed by atoms with E-state index in [1.54, 1.807) is 25.1 Å². The van der Waals surface area contributed by atoms with Gasteiger partial charge in [0.05, 0.1) is 11.3 Å². The normalized spacial score (nSPS) is 18.7. The van der Waals surface area contributed by atoms with Crippen LogP contribution in [0.4, 0.5) is 20.6 Å². The highest BCUT2D eigenvalue weighted by molar-refractivity contribution is 6.34. The molecule has 1 aromatic carbocycles. The molecule has 0 radical (unpaired) electrons. The Morgan fingerprint density at radius 3 is 2.75 bits per heavy atom. The van der Waals surface area contributed by atoms with Gasteiger partial charge in [-0.15, -0.1) is 0 Å². The lowest BCUT2D eigenvalue weighted by atomic mass is 10.0. The zero-order chi connectivity index (χ0) is 23.2. The van der Waals surface area contributed by atoms with E-state index in [0.29, 0.717) is 41.2 Å². The summed E-state index contributed by atoms with van der Waals surface area (Å²) in [5.41, 5.74) is 4.14. The Labute approximate surface area is 185 Å². The summed E-state index contributed by atoms with van der Waals surface area (Å²) in [4.78, 5) is 44.1. The number of hydrogen-bond donors (Lipinski definition) is 3. The molecule has 0 spiro atoms. The van der Waals surface area contributed by atoms with Gasteiger partial charge in [0.15, 0.2) is 0 Å². The molecule has 168 valence electrons. The average Bonchev–Trinajstić information content (AvgIpc) is 3.41. The number of hydrogen-bond acceptors (Lipinski definition) is 3. The minimum absolute atomic E-state index is 0.186. The highest BCUT2D eigenvalue weighted by atomic mass is 19.1. The van der Waals surface area contributed by atoms with E-state index in [0.717, 1.165) is 17.7 Å². The van der Waals surface area contributed by atoms with Gasteiger partial charge in [0, 0.05) is 43.3 Å². The van der Waals surface area contributed by atoms with Gasteiger partial charge in [-0.05, 0) is 56.5 Å². The van der Waals surface area contributed by atoms with Crippen LogP contribution in [0.25, 0.3) is 11.6 Å². The molecule has 1 atom stereocenters. The summed E-state index contributed by atoms with van der Waals surface area (Å²) >= 11 is 0. The van der Waals surface area contributed by atoms with E-state index in [2.05, 4.69) is 15.6 Å². The number of amides is 4. The summed E-state index contributed by atoms with van der Waals surface area (Å²) in [7, 11) is 3.33. The summed E-state index contributed by atoms with van der Waals surface area (Å²) in [6, 6.07) is 3.44. The van der Waals surface area contributed by atoms with Crippen LogP contribution in [0.2, 0.25) is 0 Å². The maximum absolute atomic E-state index is 13.7. The van der Waals surface area contributed by atoms with E-state index < -0.39 is 11.9 Å². The number of carbonyl (C=O) groups is 3. The molecule has 4 rings (SSSR count). The molecule has 3 N–H and O–H groups in total. The predicted molar refractivity (Wildman–Crippen MR) is 121 cm³/mol. The van der Waals surface area contributed by atoms with E-state index in [1.807, 2.05) is 13.8 Å². The highest BCUT2D eigenvalue weighted by Crippen LogP contribution is 2.35. The third kappa shape index (κ3) is 3.74. The molecule has 2 aliphatic heterocycles. The van der Waals surface area contributed by atoms with Crippen LogP contribution in [0.3, 0.4) is 0 Å². The van der Waals surface area contributed by atoms with Crippen molar-refractivity contribution in [2.24, 2.45) is 0 Å². The zero-order valence-corrected chi connectivity index (χ0v) is 18.5. The topological polar surface area (TPSA) is 97.5 Å². The van der Waals surface area contributed by atoms with E-state index in [-0.39, 0.29) is 17.8 Å². The van der Waals surface area contributed by atoms with Gasteiger partial charge in [-0.1, -0.05) is 0 Å². The molecule has 8 nitrogen and oxygen atoms in total. The standard InChI is InChI=1S/C23H26FN5O3/c1-12-18(11-16-15-10-14(24)7-8-17(15)26-21(16)30)25-13(2)20(12)27-22(31)19-6-5-9-29(19)23(32)28(3)4/h7-8,10-11,19,25H,5-6,9H2,1-4H3,(H,26,30)(H,27,31)/b16-11-. The fourth-order valence-corrected chi connectivity index (χ4v) is 4.29. The number of aryl methyl sites for hydroxylation is 1. The lowest BCUT2D eigenvalue weighted by molar-refractivity contribution is -0.119. The molecule has 1 unspecified atom stereocenters. The second-order valence-corrected chi connectivity index (χ2v) is 8.38. The minimum Gasteiger partial charge on any atom is -0.357 e. The Bertz CT molecular complexity index is 1150. The number of nitrogens with one attached hydrogen (secondary N) is 3. The van der Waals surface area contributed by atoms with Crippen molar-refractivity contribution in [3.05, 3.63) is 46.5 Å². The second kappa shape index (κ2) is 8.14. The van der Waals surface area contributed by atoms with E-state index in [1.165, 1.54) is 23.1 Å². The van der Waals surface area contributed by atoms with Gasteiger partial charge in [-0.25, -0.2) is 9.18 Å². The van der Waals surface area contributed by atoms with Crippen LogP contribution in [0.1, 0.15) is 35.4 Å². The van der Waals surface area contributed by atoms with Gasteiger partial charge in [-0.3, -0.25) is 9.59 Å². The molecule has 3 heterocycles. The van der Waals surface area contributed by atoms with Crippen molar-refractivity contribution >= 4 is 40.9 Å². The Hall–Kier alpha value is -3.62. The van der Waals surface area contributed by atoms with Crippen LogP contribution in [0.15, 0.2) is 18.2 Å². The number of carbonyl (C=O) groups excluding carboxylic acids is 3. The summed E-state index contributed by atoms with van der Waals surface area (Å²) in [5.74, 6) is -0.980. The third-order valence-corrected chi connectivity index (χ3v) is 5.96. The minimum atomic E-state index is -0.532. The second-order valence-electron chi connectivity index (χ2n) is 8.38. The van der Waals surface area contributed by atoms with Gasteiger partial charge in [0.1, 0.15) is 11.9 Å². The highest BCUT2D eigenvalue weighted by Gasteiger charge is 2.35. The van der Waals surface area contributed by atoms with Crippen molar-refractivity contribution in [2.75, 3.05) is 31.3 Å². The number of benzene rings is 1. The van der Waals surface area contributed by atoms with Crippen molar-refractivity contribution in [3.8, 4) is 0 Å². The van der Waals surface area contributed by atoms with Crippen molar-refractivity contribution in [1.82, 2.24) is 14.8 Å². The largest absolute Gasteiger partial charge is 0.357 e. The van der Waals surface area contributed by atoms with Crippen molar-refractivity contribution in [3.63, 3.8) is 0 Å². The molecule has 1 saturated heterocycles. The SMILES string of the molecule is Cc1[nH]c(/C=C2\C(=O)Nc3ccc(F)cc32)c(C)c1NC(=O)C1CCCN1C(=O)N(C)C. The predicted octanol–water partition coefficient (Wildman–Crippen LogP) is 3.35. The van der Waals surface area contributed by atoms with Crippen molar-refractivity contribution < 1.29 is 18.8 Å². The van der Waals surface area contributed by atoms with Gasteiger partial charge >= 0.3 is 6.03 Å². The first-order valence-electron chi connectivity index (χ1n) is 10.5. The molecule has 0 bridgehead atoms. The number of aromatic amines is 1. The quantitative estimate of drug-likeness (QED) is 0.640. The molecule has 32 heavy (non-hydrogen) atoms. The van der Waals surface area contributed by atoms with Crippen LogP contribution < -0.4 is 10.6 Å². The summed E-state index contributed by atoms with van der Waals surface area (Å²) in [5, 5.41) is 5.69. The number of H-pyrrole nitrogens is 1. The first kappa shape index (κ1) is 21.6. The number of rotatable bonds is 3. The van der Waals surface area contributed by atoms with E-state index in [9.17, 15) is 18.8 Å². The monoisotopic (exact) mass is 439 g/mol. The molecule has 9 heteroatoms. The third-order valence-electron chi connectivity index (χ3n) is 5.96. The summed E-state index contributed by atoms with van der Waals surface area (Å²) in [6.07, 6.45) is 3.04. The lowest BCUT2D eigenvalue weighted by Gasteiger charge is -2.27. The maximum Gasteiger partial charge on any atom is 0.320 e. The van der Waals surface area contributed by atoms with E-state index in [4.69, 9.17) is 0 Å². The molecule has 2 aliphatic rings. The molecule has 1 aromatic heterocycles. The number of halogens is 1. The maximum atomic E-state index is 13.7. The fourth-order valence-electron chi connectivity index (χ4n) is 4.29. The van der Waals surface area contributed by atoms with Gasteiger partial charge in [0.25, 0.3) is 5.91 Å². The first-order valence-corrected chi connectivity index (χ1v) is 10.5. The smallest absolute Gasteiger partial charge is 0.320 e. The fraction of sp³-hybridized carbons (Fsp3) is 0.348. The van der Waals surface area contributed by atoms with Crippen LogP contribution in [0, 0.1) is 19.7 Å². The Kier molecular flexibility index (Phi) is 5.50. The molecule has 1 fully saturated rings. The average molecular weight is 439 g/mol. The number of nitrogens with zero attached hydrogens (tertiary/aromatic N) is 2. The summed E-state index contributed by atoms with van der Waals surface area (Å²) in [6.45, 7) is 4.20. The Morgan fingerprint density at radius 2 is 2.03 bits per heavy atom. The molecule has 0 saturated carbocycles. The molecule has 0 aliphatic carbocycles. The van der Waals surface area contributed by atoms with Gasteiger partial charge < -0.3 is 25.4 Å². The number of urea groups is 1. The van der Waals surface area contributed by atoms with Crippen LogP contribution in [0.5, 0.6) is 0 Å². The van der Waals surface area contributed by atoms with Crippen LogP contribution in [-0.2, 0) is 9.59 Å². The summed E-state index contributed by atoms with van der Waals surface area (Å²) < 4.78 is 13.7. The van der Waals surface area contributed by atoms with Crippen LogP contribution >= 0.6 is 0 Å². The first-order chi connectivity index (χ1) is 15.2. The van der Waals surface area contributed by atoms with Crippen molar-refractivity contribution in [1.29, 1.82) is 0 Å². The molecular weight excluding hydrogens is 413 g/mol. The van der Waals surface area contributed by atoms with Crippen molar-refractivity contribution in [2.45, 2.75) is 32.7 Å². The number of fused-ring (bicyclic) bond motifs is 1. The van der Waals surface area contributed by atoms with E-state index >= 15 is 0 Å². The number of likely N-dealkylation sites (tertiary alicyclic amines) is 1. The Balaban J connectivity index is 1.60. The lowest BCUT2D eigenvalue weighted by Crippen LogP contribution is -2.47. The van der Waals surface area contributed by atoms with Crippen LogP contribution in [-0.4, -0.2) is 59.3 Å². The van der Waals surface area contributed by atoms with Gasteiger partial charge in [-0.2, -0.15) is 0 Å². The zero-order valence-electron chi connectivity index (χ0n) is 18.5. The molecule has 2 aromatic rings. The number of aromatic nitrogens is 1. The molecule has 4 amide bonds. The van der Waals surface area contributed by atoms with Gasteiger partial charge in [0.2, 0.25) is 5.91 Å². The number of anilines is 2. The molecular formula is C23H26FN5O3. The Morgan fingerprint density at radius 1 is 1.28 bits per heavy atom.